The van der Waals surface area contributed by atoms with Crippen LogP contribution in [0.4, 0.5) is 11.6 Å². The smallest absolute Gasteiger partial charge is 0.260 e. The van der Waals surface area contributed by atoms with E-state index in [0.29, 0.717) is 34.5 Å². The number of hydrogen-bond donors (Lipinski definition) is 3. The lowest BCUT2D eigenvalue weighted by molar-refractivity contribution is 0.553. The number of rotatable bonds is 2. The van der Waals surface area contributed by atoms with E-state index in [1.165, 1.54) is 12.8 Å². The average Bonchev–Trinajstić information content (AvgIpc) is 2.76. The second kappa shape index (κ2) is 4.57. The molecule has 0 spiro atoms. The fraction of sp³-hybridized carbons (Fsp3) is 0.429. The van der Waals surface area contributed by atoms with E-state index in [1.54, 1.807) is 18.2 Å². The molecule has 2 atom stereocenters. The van der Waals surface area contributed by atoms with Gasteiger partial charge in [-0.25, -0.2) is 4.98 Å². The first-order valence-corrected chi connectivity index (χ1v) is 6.69. The number of nitrogen functional groups attached to an aromatic ring is 1. The zero-order chi connectivity index (χ0) is 13.4. The minimum Gasteiger partial charge on any atom is -0.399 e. The van der Waals surface area contributed by atoms with Crippen molar-refractivity contribution < 1.29 is 0 Å². The van der Waals surface area contributed by atoms with Gasteiger partial charge in [0.05, 0.1) is 10.9 Å². The van der Waals surface area contributed by atoms with Crippen molar-refractivity contribution in [2.75, 3.05) is 11.1 Å². The molecular weight excluding hydrogens is 240 g/mol. The van der Waals surface area contributed by atoms with E-state index < -0.39 is 0 Å². The Hall–Kier alpha value is -2.04. The third kappa shape index (κ3) is 2.28. The molecule has 3 rings (SSSR count). The lowest BCUT2D eigenvalue weighted by Gasteiger charge is -2.17. The Labute approximate surface area is 111 Å². The van der Waals surface area contributed by atoms with Crippen molar-refractivity contribution >= 4 is 22.5 Å². The first kappa shape index (κ1) is 12.0. The number of aromatic amines is 1. The topological polar surface area (TPSA) is 83.8 Å². The summed E-state index contributed by atoms with van der Waals surface area (Å²) in [5.74, 6) is 1.17. The highest BCUT2D eigenvalue weighted by Gasteiger charge is 2.23. The molecule has 1 fully saturated rings. The summed E-state index contributed by atoms with van der Waals surface area (Å²) in [7, 11) is 0. The van der Waals surface area contributed by atoms with Gasteiger partial charge in [-0.05, 0) is 37.0 Å². The molecule has 0 saturated heterocycles. The summed E-state index contributed by atoms with van der Waals surface area (Å²) in [5.41, 5.74) is 6.78. The molecule has 100 valence electrons. The minimum atomic E-state index is -0.148. The van der Waals surface area contributed by atoms with Crippen LogP contribution in [-0.4, -0.2) is 16.0 Å². The van der Waals surface area contributed by atoms with Gasteiger partial charge in [0.15, 0.2) is 0 Å². The fourth-order valence-corrected chi connectivity index (χ4v) is 2.76. The molecule has 4 N–H and O–H groups in total. The second-order valence-electron chi connectivity index (χ2n) is 5.35. The summed E-state index contributed by atoms with van der Waals surface area (Å²) < 4.78 is 0. The standard InChI is InChI=1S/C14H18N4O/c1-8-3-2-4-11(8)16-14-17-12-6-5-9(15)7-10(12)13(19)18-14/h5-8,11H,2-4,15H2,1H3,(H2,16,17,18,19). The molecule has 1 aromatic heterocycles. The number of aromatic nitrogens is 2. The van der Waals surface area contributed by atoms with E-state index in [2.05, 4.69) is 22.2 Å². The predicted octanol–water partition coefficient (Wildman–Crippen LogP) is 2.11. The molecule has 2 aromatic rings. The SMILES string of the molecule is CC1CCCC1Nc1nc2ccc(N)cc2c(=O)[nH]1. The van der Waals surface area contributed by atoms with Crippen molar-refractivity contribution in [2.24, 2.45) is 5.92 Å². The molecule has 1 aliphatic carbocycles. The van der Waals surface area contributed by atoms with E-state index >= 15 is 0 Å². The van der Waals surface area contributed by atoms with Gasteiger partial charge in [0.2, 0.25) is 5.95 Å². The summed E-state index contributed by atoms with van der Waals surface area (Å²) in [4.78, 5) is 19.3. The van der Waals surface area contributed by atoms with E-state index in [0.717, 1.165) is 6.42 Å². The van der Waals surface area contributed by atoms with Crippen molar-refractivity contribution in [3.63, 3.8) is 0 Å². The van der Waals surface area contributed by atoms with Crippen molar-refractivity contribution in [1.29, 1.82) is 0 Å². The highest BCUT2D eigenvalue weighted by atomic mass is 16.1. The van der Waals surface area contributed by atoms with Crippen LogP contribution in [-0.2, 0) is 0 Å². The van der Waals surface area contributed by atoms with Crippen molar-refractivity contribution in [1.82, 2.24) is 9.97 Å². The lowest BCUT2D eigenvalue weighted by atomic mass is 10.1. The Morgan fingerprint density at radius 1 is 1.42 bits per heavy atom. The maximum Gasteiger partial charge on any atom is 0.260 e. The van der Waals surface area contributed by atoms with Gasteiger partial charge in [0.1, 0.15) is 0 Å². The van der Waals surface area contributed by atoms with Crippen LogP contribution in [0.5, 0.6) is 0 Å². The van der Waals surface area contributed by atoms with Gasteiger partial charge >= 0.3 is 0 Å². The molecule has 0 bridgehead atoms. The van der Waals surface area contributed by atoms with E-state index in [1.807, 2.05) is 0 Å². The van der Waals surface area contributed by atoms with E-state index in [9.17, 15) is 4.79 Å². The van der Waals surface area contributed by atoms with Gasteiger partial charge < -0.3 is 11.1 Å². The molecule has 2 unspecified atom stereocenters. The zero-order valence-electron chi connectivity index (χ0n) is 10.9. The number of nitrogens with zero attached hydrogens (tertiary/aromatic N) is 1. The number of benzene rings is 1. The van der Waals surface area contributed by atoms with Crippen LogP contribution in [0.15, 0.2) is 23.0 Å². The summed E-state index contributed by atoms with van der Waals surface area (Å²) in [6, 6.07) is 5.60. The number of hydrogen-bond acceptors (Lipinski definition) is 4. The highest BCUT2D eigenvalue weighted by Crippen LogP contribution is 2.27. The third-order valence-electron chi connectivity index (χ3n) is 3.91. The predicted molar refractivity (Wildman–Crippen MR) is 77.2 cm³/mol. The zero-order valence-corrected chi connectivity index (χ0v) is 10.9. The molecule has 19 heavy (non-hydrogen) atoms. The van der Waals surface area contributed by atoms with Crippen LogP contribution in [0, 0.1) is 5.92 Å². The molecule has 1 saturated carbocycles. The van der Waals surface area contributed by atoms with Gasteiger partial charge in [0.25, 0.3) is 5.56 Å². The van der Waals surface area contributed by atoms with Crippen molar-refractivity contribution in [3.8, 4) is 0 Å². The number of fused-ring (bicyclic) bond motifs is 1. The number of anilines is 2. The molecule has 0 amide bonds. The molecule has 0 aliphatic heterocycles. The summed E-state index contributed by atoms with van der Waals surface area (Å²) in [5, 5.41) is 3.87. The van der Waals surface area contributed by atoms with Crippen molar-refractivity contribution in [3.05, 3.63) is 28.6 Å². The minimum absolute atomic E-state index is 0.148. The molecule has 1 heterocycles. The number of nitrogens with two attached hydrogens (primary N) is 1. The molecule has 1 aromatic carbocycles. The number of nitrogens with one attached hydrogen (secondary N) is 2. The van der Waals surface area contributed by atoms with Crippen LogP contribution in [0.25, 0.3) is 10.9 Å². The highest BCUT2D eigenvalue weighted by molar-refractivity contribution is 5.81. The molecule has 0 radical (unpaired) electrons. The Balaban J connectivity index is 1.97. The summed E-state index contributed by atoms with van der Waals surface area (Å²) in [6.07, 6.45) is 3.59. The summed E-state index contributed by atoms with van der Waals surface area (Å²) in [6.45, 7) is 2.23. The van der Waals surface area contributed by atoms with Crippen LogP contribution in [0.3, 0.4) is 0 Å². The quantitative estimate of drug-likeness (QED) is 0.720. The third-order valence-corrected chi connectivity index (χ3v) is 3.91. The Kier molecular flexibility index (Phi) is 2.89. The fourth-order valence-electron chi connectivity index (χ4n) is 2.76. The first-order valence-electron chi connectivity index (χ1n) is 6.69. The number of H-pyrrole nitrogens is 1. The monoisotopic (exact) mass is 258 g/mol. The van der Waals surface area contributed by atoms with Gasteiger partial charge in [0, 0.05) is 11.7 Å². The normalized spacial score (nSPS) is 22.8. The van der Waals surface area contributed by atoms with Gasteiger partial charge in [-0.1, -0.05) is 13.3 Å². The van der Waals surface area contributed by atoms with Crippen molar-refractivity contribution in [2.45, 2.75) is 32.2 Å². The van der Waals surface area contributed by atoms with Crippen LogP contribution in [0.1, 0.15) is 26.2 Å². The van der Waals surface area contributed by atoms with Gasteiger partial charge in [-0.2, -0.15) is 0 Å². The Morgan fingerprint density at radius 3 is 3.00 bits per heavy atom. The average molecular weight is 258 g/mol. The van der Waals surface area contributed by atoms with Crippen LogP contribution < -0.4 is 16.6 Å². The maximum absolute atomic E-state index is 12.0. The molecule has 1 aliphatic rings. The van der Waals surface area contributed by atoms with E-state index in [4.69, 9.17) is 5.73 Å². The maximum atomic E-state index is 12.0. The molecule has 5 heteroatoms. The molecular formula is C14H18N4O. The molecule has 5 nitrogen and oxygen atoms in total. The van der Waals surface area contributed by atoms with Gasteiger partial charge in [-0.15, -0.1) is 0 Å². The first-order chi connectivity index (χ1) is 9.13. The summed E-state index contributed by atoms with van der Waals surface area (Å²) >= 11 is 0. The van der Waals surface area contributed by atoms with E-state index in [-0.39, 0.29) is 5.56 Å². The lowest BCUT2D eigenvalue weighted by Crippen LogP contribution is -2.25. The Bertz CT molecular complexity index is 664. The Morgan fingerprint density at radius 2 is 2.26 bits per heavy atom. The van der Waals surface area contributed by atoms with Crippen LogP contribution in [0.2, 0.25) is 0 Å². The second-order valence-corrected chi connectivity index (χ2v) is 5.35. The van der Waals surface area contributed by atoms with Gasteiger partial charge in [-0.3, -0.25) is 9.78 Å². The van der Waals surface area contributed by atoms with Crippen LogP contribution >= 0.6 is 0 Å². The largest absolute Gasteiger partial charge is 0.399 e.